The third-order valence-electron chi connectivity index (χ3n) is 8.61. The lowest BCUT2D eigenvalue weighted by Gasteiger charge is -2.43. The number of carbonyl (C=O) groups excluding carboxylic acids is 3. The average molecular weight is 535 g/mol. The van der Waals surface area contributed by atoms with Crippen LogP contribution in [0.1, 0.15) is 71.8 Å². The number of aryl methyl sites for hydroxylation is 1. The van der Waals surface area contributed by atoms with Gasteiger partial charge in [0, 0.05) is 24.6 Å². The van der Waals surface area contributed by atoms with Gasteiger partial charge in [-0.3, -0.25) is 14.4 Å². The maximum absolute atomic E-state index is 15.1. The standard InChI is InChI=1S/C29H37F3N2O4/c1-17-7-6-8-21(18(17)2)34-22-15-27(3,4)16-23(35)25(22)28(26(34)37,29(30,31)32)33-24(36)14-11-19-9-12-20(38-5)13-10-19/h9-10,12-13,17-18,21H,6-8,11,14-16H2,1-5H3,(H,33,36)/t17-,18-,21-,28+/m1/s1. The van der Waals surface area contributed by atoms with Crippen molar-refractivity contribution < 1.29 is 32.3 Å². The van der Waals surface area contributed by atoms with Gasteiger partial charge in [-0.1, -0.05) is 52.7 Å². The Morgan fingerprint density at radius 3 is 2.37 bits per heavy atom. The molecule has 1 heterocycles. The molecule has 1 fully saturated rings. The molecule has 2 amide bonds. The first-order chi connectivity index (χ1) is 17.7. The molecule has 0 saturated heterocycles. The summed E-state index contributed by atoms with van der Waals surface area (Å²) in [6.07, 6.45) is -2.96. The molecule has 0 radical (unpaired) electrons. The van der Waals surface area contributed by atoms with Crippen molar-refractivity contribution in [3.8, 4) is 5.75 Å². The number of amides is 2. The molecule has 208 valence electrons. The first-order valence-corrected chi connectivity index (χ1v) is 13.3. The summed E-state index contributed by atoms with van der Waals surface area (Å²) < 4.78 is 50.3. The van der Waals surface area contributed by atoms with Crippen molar-refractivity contribution >= 4 is 17.6 Å². The van der Waals surface area contributed by atoms with Gasteiger partial charge in [0.2, 0.25) is 11.4 Å². The lowest BCUT2D eigenvalue weighted by atomic mass is 9.72. The minimum atomic E-state index is -5.18. The molecular weight excluding hydrogens is 497 g/mol. The number of Topliss-reactive ketones (excluding diaryl/α,β-unsaturated/α-hetero) is 1. The van der Waals surface area contributed by atoms with Crippen LogP contribution in [0, 0.1) is 17.3 Å². The number of rotatable bonds is 6. The zero-order valence-electron chi connectivity index (χ0n) is 22.7. The highest BCUT2D eigenvalue weighted by Crippen LogP contribution is 2.53. The van der Waals surface area contributed by atoms with E-state index >= 15 is 13.2 Å². The Bertz CT molecular complexity index is 1140. The molecule has 1 saturated carbocycles. The van der Waals surface area contributed by atoms with Crippen molar-refractivity contribution in [3.05, 3.63) is 41.1 Å². The summed E-state index contributed by atoms with van der Waals surface area (Å²) in [5.41, 5.74) is -3.68. The van der Waals surface area contributed by atoms with E-state index in [0.29, 0.717) is 12.2 Å². The van der Waals surface area contributed by atoms with E-state index < -0.39 is 46.3 Å². The van der Waals surface area contributed by atoms with Gasteiger partial charge < -0.3 is 15.0 Å². The number of methoxy groups -OCH3 is 1. The SMILES string of the molecule is COc1ccc(CCC(=O)N[C@]2(C(F)(F)F)C(=O)N([C@@H]3CCC[C@@H](C)[C@H]3C)C3=C2C(=O)CC(C)(C)C3)cc1. The van der Waals surface area contributed by atoms with Crippen LogP contribution in [0.15, 0.2) is 35.5 Å². The normalized spacial score (nSPS) is 29.4. The van der Waals surface area contributed by atoms with Crippen molar-refractivity contribution in [2.75, 3.05) is 7.11 Å². The molecule has 0 spiro atoms. The van der Waals surface area contributed by atoms with Crippen LogP contribution in [0.5, 0.6) is 5.75 Å². The van der Waals surface area contributed by atoms with E-state index in [1.807, 2.05) is 27.7 Å². The Hall–Kier alpha value is -2.84. The summed E-state index contributed by atoms with van der Waals surface area (Å²) in [7, 11) is 1.52. The van der Waals surface area contributed by atoms with E-state index in [2.05, 4.69) is 5.32 Å². The van der Waals surface area contributed by atoms with Crippen LogP contribution < -0.4 is 10.1 Å². The van der Waals surface area contributed by atoms with Crippen LogP contribution in [-0.4, -0.2) is 47.4 Å². The molecule has 0 bridgehead atoms. The number of nitrogens with zero attached hydrogens (tertiary/aromatic N) is 1. The number of alkyl halides is 3. The summed E-state index contributed by atoms with van der Waals surface area (Å²) in [6, 6.07) is 6.40. The van der Waals surface area contributed by atoms with E-state index in [4.69, 9.17) is 4.74 Å². The van der Waals surface area contributed by atoms with Gasteiger partial charge in [-0.15, -0.1) is 0 Å². The lowest BCUT2D eigenvalue weighted by Crippen LogP contribution is -2.67. The highest BCUT2D eigenvalue weighted by Gasteiger charge is 2.72. The van der Waals surface area contributed by atoms with Crippen LogP contribution in [0.4, 0.5) is 13.2 Å². The molecular formula is C29H37F3N2O4. The van der Waals surface area contributed by atoms with Crippen LogP contribution in [0.3, 0.4) is 0 Å². The molecule has 6 nitrogen and oxygen atoms in total. The van der Waals surface area contributed by atoms with Crippen molar-refractivity contribution in [1.29, 1.82) is 0 Å². The number of ketones is 1. The van der Waals surface area contributed by atoms with Crippen molar-refractivity contribution in [2.24, 2.45) is 17.3 Å². The van der Waals surface area contributed by atoms with Crippen molar-refractivity contribution in [1.82, 2.24) is 10.2 Å². The second-order valence-electron chi connectivity index (χ2n) is 11.9. The molecule has 9 heteroatoms. The highest BCUT2D eigenvalue weighted by atomic mass is 19.4. The summed E-state index contributed by atoms with van der Waals surface area (Å²) >= 11 is 0. The number of benzene rings is 1. The van der Waals surface area contributed by atoms with Crippen LogP contribution >= 0.6 is 0 Å². The molecule has 1 aromatic rings. The molecule has 3 aliphatic rings. The lowest BCUT2D eigenvalue weighted by molar-refractivity contribution is -0.195. The van der Waals surface area contributed by atoms with Gasteiger partial charge in [0.15, 0.2) is 5.78 Å². The number of hydrogen-bond acceptors (Lipinski definition) is 4. The third-order valence-corrected chi connectivity index (χ3v) is 8.61. The zero-order valence-corrected chi connectivity index (χ0v) is 22.7. The average Bonchev–Trinajstić information content (AvgIpc) is 3.07. The largest absolute Gasteiger partial charge is 0.497 e. The van der Waals surface area contributed by atoms with Gasteiger partial charge in [-0.2, -0.15) is 13.2 Å². The van der Waals surface area contributed by atoms with Gasteiger partial charge in [-0.05, 0) is 54.2 Å². The summed E-state index contributed by atoms with van der Waals surface area (Å²) in [6.45, 7) is 7.65. The molecule has 1 aromatic carbocycles. The smallest absolute Gasteiger partial charge is 0.425 e. The molecule has 0 unspecified atom stereocenters. The minimum absolute atomic E-state index is 0.0450. The first-order valence-electron chi connectivity index (χ1n) is 13.3. The Balaban J connectivity index is 1.72. The monoisotopic (exact) mass is 534 g/mol. The van der Waals surface area contributed by atoms with Gasteiger partial charge in [0.25, 0.3) is 5.91 Å². The van der Waals surface area contributed by atoms with Gasteiger partial charge in [-0.25, -0.2) is 0 Å². The summed E-state index contributed by atoms with van der Waals surface area (Å²) in [5.74, 6) is -2.10. The van der Waals surface area contributed by atoms with Gasteiger partial charge >= 0.3 is 6.18 Å². The number of hydrogen-bond donors (Lipinski definition) is 1. The van der Waals surface area contributed by atoms with Gasteiger partial charge in [0.1, 0.15) is 5.75 Å². The molecule has 1 N–H and O–H groups in total. The van der Waals surface area contributed by atoms with Gasteiger partial charge in [0.05, 0.1) is 12.7 Å². The first kappa shape index (κ1) is 28.2. The summed E-state index contributed by atoms with van der Waals surface area (Å²) in [5, 5.41) is 2.07. The Labute approximate surface area is 222 Å². The molecule has 0 aromatic heterocycles. The zero-order chi connectivity index (χ0) is 28.0. The molecule has 38 heavy (non-hydrogen) atoms. The van der Waals surface area contributed by atoms with E-state index in [1.54, 1.807) is 24.3 Å². The second-order valence-corrected chi connectivity index (χ2v) is 11.9. The third kappa shape index (κ3) is 4.84. The number of halogens is 3. The number of nitrogens with one attached hydrogen (secondary N) is 1. The summed E-state index contributed by atoms with van der Waals surface area (Å²) in [4.78, 5) is 41.7. The van der Waals surface area contributed by atoms with Crippen molar-refractivity contribution in [2.45, 2.75) is 90.4 Å². The van der Waals surface area contributed by atoms with E-state index in [1.165, 1.54) is 12.0 Å². The topological polar surface area (TPSA) is 75.7 Å². The maximum atomic E-state index is 15.1. The Morgan fingerprint density at radius 1 is 1.11 bits per heavy atom. The predicted octanol–water partition coefficient (Wildman–Crippen LogP) is 5.36. The van der Waals surface area contributed by atoms with Crippen LogP contribution in [0.25, 0.3) is 0 Å². The predicted molar refractivity (Wildman–Crippen MR) is 136 cm³/mol. The van der Waals surface area contributed by atoms with Crippen LogP contribution in [-0.2, 0) is 20.8 Å². The van der Waals surface area contributed by atoms with E-state index in [9.17, 15) is 14.4 Å². The molecule has 2 aliphatic carbocycles. The fourth-order valence-corrected chi connectivity index (χ4v) is 6.37. The fourth-order valence-electron chi connectivity index (χ4n) is 6.37. The molecule has 4 atom stereocenters. The van der Waals surface area contributed by atoms with Crippen molar-refractivity contribution in [3.63, 3.8) is 0 Å². The van der Waals surface area contributed by atoms with E-state index in [-0.39, 0.29) is 43.2 Å². The molecule has 4 rings (SSSR count). The number of allylic oxidation sites excluding steroid dienone is 1. The molecule has 1 aliphatic heterocycles. The Kier molecular flexibility index (Phi) is 7.45. The number of carbonyl (C=O) groups is 3. The fraction of sp³-hybridized carbons (Fsp3) is 0.621. The van der Waals surface area contributed by atoms with E-state index in [0.717, 1.165) is 18.4 Å². The maximum Gasteiger partial charge on any atom is 0.425 e. The minimum Gasteiger partial charge on any atom is -0.497 e. The second kappa shape index (κ2) is 10.0. The highest BCUT2D eigenvalue weighted by molar-refractivity contribution is 6.13. The Morgan fingerprint density at radius 2 is 1.76 bits per heavy atom. The van der Waals surface area contributed by atoms with Crippen LogP contribution in [0.2, 0.25) is 0 Å². The number of ether oxygens (including phenoxy) is 1. The quantitative estimate of drug-likeness (QED) is 0.534.